The highest BCUT2D eigenvalue weighted by molar-refractivity contribution is 7.91. The smallest absolute Gasteiger partial charge is 0.222 e. The number of carbonyl (C=O) groups is 1. The van der Waals surface area contributed by atoms with Crippen LogP contribution in [0.25, 0.3) is 0 Å². The minimum Gasteiger partial charge on any atom is -0.389 e. The van der Waals surface area contributed by atoms with Crippen molar-refractivity contribution in [2.45, 2.75) is 50.5 Å². The second-order valence-electron chi connectivity index (χ2n) is 7.11. The van der Waals surface area contributed by atoms with Crippen molar-refractivity contribution >= 4 is 15.7 Å². The van der Waals surface area contributed by atoms with E-state index < -0.39 is 15.4 Å². The molecule has 0 spiro atoms. The zero-order valence-electron chi connectivity index (χ0n) is 12.5. The number of nitrogens with zero attached hydrogens (tertiary/aromatic N) is 1. The molecule has 1 N–H and O–H groups in total. The van der Waals surface area contributed by atoms with Gasteiger partial charge in [0.1, 0.15) is 0 Å². The highest BCUT2D eigenvalue weighted by atomic mass is 32.2. The molecule has 3 aliphatic rings. The summed E-state index contributed by atoms with van der Waals surface area (Å²) in [6.07, 6.45) is 5.72. The van der Waals surface area contributed by atoms with E-state index in [1.165, 1.54) is 0 Å². The van der Waals surface area contributed by atoms with Gasteiger partial charge in [-0.1, -0.05) is 12.8 Å². The van der Waals surface area contributed by atoms with E-state index in [4.69, 9.17) is 0 Å². The molecular formula is C15H25NO4S. The highest BCUT2D eigenvalue weighted by Gasteiger charge is 2.44. The predicted molar refractivity (Wildman–Crippen MR) is 79.5 cm³/mol. The predicted octanol–water partition coefficient (Wildman–Crippen LogP) is 0.965. The fraction of sp³-hybridized carbons (Fsp3) is 0.933. The van der Waals surface area contributed by atoms with Crippen LogP contribution >= 0.6 is 0 Å². The van der Waals surface area contributed by atoms with Gasteiger partial charge in [0.25, 0.3) is 0 Å². The number of hydrogen-bond donors (Lipinski definition) is 1. The average molecular weight is 315 g/mol. The molecule has 1 amide bonds. The van der Waals surface area contributed by atoms with Crippen molar-refractivity contribution < 1.29 is 18.3 Å². The van der Waals surface area contributed by atoms with Crippen LogP contribution in [0.1, 0.15) is 44.9 Å². The number of likely N-dealkylation sites (tertiary alicyclic amines) is 1. The average Bonchev–Trinajstić information content (AvgIpc) is 2.76. The molecule has 0 aromatic carbocycles. The molecule has 3 rings (SSSR count). The molecule has 1 saturated carbocycles. The van der Waals surface area contributed by atoms with Gasteiger partial charge in [-0.2, -0.15) is 0 Å². The van der Waals surface area contributed by atoms with Gasteiger partial charge in [-0.15, -0.1) is 0 Å². The van der Waals surface area contributed by atoms with Gasteiger partial charge in [-0.25, -0.2) is 8.42 Å². The summed E-state index contributed by atoms with van der Waals surface area (Å²) >= 11 is 0. The van der Waals surface area contributed by atoms with Crippen molar-refractivity contribution in [3.8, 4) is 0 Å². The standard InChI is InChI=1S/C15H25NO4S/c17-14(9-12-4-8-21(19,20)11-12)16-7-6-15(18)5-2-1-3-13(15)10-16/h12-13,18H,1-11H2. The summed E-state index contributed by atoms with van der Waals surface area (Å²) in [5, 5.41) is 10.6. The molecule has 3 unspecified atom stereocenters. The van der Waals surface area contributed by atoms with E-state index in [0.29, 0.717) is 32.4 Å². The maximum Gasteiger partial charge on any atom is 0.222 e. The zero-order valence-corrected chi connectivity index (χ0v) is 13.3. The van der Waals surface area contributed by atoms with Crippen LogP contribution in [0.5, 0.6) is 0 Å². The number of sulfone groups is 1. The number of aliphatic hydroxyl groups is 1. The van der Waals surface area contributed by atoms with Crippen molar-refractivity contribution in [2.24, 2.45) is 11.8 Å². The third-order valence-electron chi connectivity index (χ3n) is 5.57. The van der Waals surface area contributed by atoms with E-state index in [2.05, 4.69) is 0 Å². The van der Waals surface area contributed by atoms with Gasteiger partial charge in [0.15, 0.2) is 9.84 Å². The van der Waals surface area contributed by atoms with Crippen LogP contribution in [0.15, 0.2) is 0 Å². The lowest BCUT2D eigenvalue weighted by molar-refractivity contribution is -0.144. The van der Waals surface area contributed by atoms with E-state index in [-0.39, 0.29) is 29.2 Å². The molecule has 2 aliphatic heterocycles. The summed E-state index contributed by atoms with van der Waals surface area (Å²) in [6.45, 7) is 1.26. The molecular weight excluding hydrogens is 290 g/mol. The SMILES string of the molecule is O=C(CC1CCS(=O)(=O)C1)N1CCC2(O)CCCCC2C1. The first-order chi connectivity index (χ1) is 9.88. The molecule has 1 aliphatic carbocycles. The molecule has 2 saturated heterocycles. The van der Waals surface area contributed by atoms with E-state index >= 15 is 0 Å². The van der Waals surface area contributed by atoms with Crippen molar-refractivity contribution in [3.05, 3.63) is 0 Å². The van der Waals surface area contributed by atoms with Crippen molar-refractivity contribution in [1.29, 1.82) is 0 Å². The lowest BCUT2D eigenvalue weighted by Crippen LogP contribution is -2.54. The van der Waals surface area contributed by atoms with Gasteiger partial charge in [0.2, 0.25) is 5.91 Å². The maximum atomic E-state index is 12.4. The Kier molecular flexibility index (Phi) is 4.03. The number of fused-ring (bicyclic) bond motifs is 1. The first-order valence-corrected chi connectivity index (χ1v) is 9.91. The molecule has 2 heterocycles. The summed E-state index contributed by atoms with van der Waals surface area (Å²) in [5.74, 6) is 0.670. The van der Waals surface area contributed by atoms with Gasteiger partial charge in [0.05, 0.1) is 17.1 Å². The monoisotopic (exact) mass is 315 g/mol. The molecule has 120 valence electrons. The second-order valence-corrected chi connectivity index (χ2v) is 9.34. The van der Waals surface area contributed by atoms with E-state index in [9.17, 15) is 18.3 Å². The first-order valence-electron chi connectivity index (χ1n) is 8.09. The lowest BCUT2D eigenvalue weighted by Gasteiger charge is -2.47. The van der Waals surface area contributed by atoms with Crippen LogP contribution in [0, 0.1) is 11.8 Å². The summed E-state index contributed by atoms with van der Waals surface area (Å²) in [4.78, 5) is 14.2. The Hall–Kier alpha value is -0.620. The molecule has 0 aromatic heterocycles. The fourth-order valence-electron chi connectivity index (χ4n) is 4.21. The maximum absolute atomic E-state index is 12.4. The first kappa shape index (κ1) is 15.3. The van der Waals surface area contributed by atoms with Crippen molar-refractivity contribution in [3.63, 3.8) is 0 Å². The van der Waals surface area contributed by atoms with Crippen LogP contribution in [0.3, 0.4) is 0 Å². The number of hydrogen-bond acceptors (Lipinski definition) is 4. The largest absolute Gasteiger partial charge is 0.389 e. The number of carbonyl (C=O) groups excluding carboxylic acids is 1. The Balaban J connectivity index is 1.57. The third-order valence-corrected chi connectivity index (χ3v) is 7.41. The molecule has 0 bridgehead atoms. The van der Waals surface area contributed by atoms with Gasteiger partial charge in [0, 0.05) is 25.4 Å². The van der Waals surface area contributed by atoms with E-state index in [1.807, 2.05) is 4.90 Å². The molecule has 5 nitrogen and oxygen atoms in total. The number of rotatable bonds is 2. The van der Waals surface area contributed by atoms with Crippen LogP contribution in [0.2, 0.25) is 0 Å². The molecule has 21 heavy (non-hydrogen) atoms. The second kappa shape index (κ2) is 5.54. The van der Waals surface area contributed by atoms with Crippen molar-refractivity contribution in [2.75, 3.05) is 24.6 Å². The Bertz CT molecular complexity index is 518. The molecule has 0 aromatic rings. The van der Waals surface area contributed by atoms with Crippen LogP contribution < -0.4 is 0 Å². The Morgan fingerprint density at radius 3 is 2.76 bits per heavy atom. The molecule has 3 fully saturated rings. The Morgan fingerprint density at radius 1 is 1.24 bits per heavy atom. The Morgan fingerprint density at radius 2 is 2.05 bits per heavy atom. The number of amides is 1. The van der Waals surface area contributed by atoms with Gasteiger partial charge >= 0.3 is 0 Å². The highest BCUT2D eigenvalue weighted by Crippen LogP contribution is 2.40. The summed E-state index contributed by atoms with van der Waals surface area (Å²) in [5.41, 5.74) is -0.564. The normalized spacial score (nSPS) is 39.0. The Labute approximate surface area is 126 Å². The summed E-state index contributed by atoms with van der Waals surface area (Å²) < 4.78 is 22.9. The fourth-order valence-corrected chi connectivity index (χ4v) is 6.07. The quantitative estimate of drug-likeness (QED) is 0.824. The lowest BCUT2D eigenvalue weighted by atomic mass is 9.71. The van der Waals surface area contributed by atoms with E-state index in [0.717, 1.165) is 25.7 Å². The summed E-state index contributed by atoms with van der Waals surface area (Å²) in [7, 11) is -2.91. The summed E-state index contributed by atoms with van der Waals surface area (Å²) in [6, 6.07) is 0. The minimum atomic E-state index is -2.91. The molecule has 3 atom stereocenters. The van der Waals surface area contributed by atoms with Crippen LogP contribution in [0.4, 0.5) is 0 Å². The third kappa shape index (κ3) is 3.26. The van der Waals surface area contributed by atoms with Gasteiger partial charge < -0.3 is 10.0 Å². The van der Waals surface area contributed by atoms with Crippen LogP contribution in [-0.2, 0) is 14.6 Å². The zero-order chi connectivity index (χ0) is 15.1. The van der Waals surface area contributed by atoms with E-state index in [1.54, 1.807) is 0 Å². The molecule has 6 heteroatoms. The van der Waals surface area contributed by atoms with Crippen LogP contribution in [-0.4, -0.2) is 54.5 Å². The van der Waals surface area contributed by atoms with Gasteiger partial charge in [-0.05, 0) is 31.6 Å². The topological polar surface area (TPSA) is 74.7 Å². The molecule has 0 radical (unpaired) electrons. The van der Waals surface area contributed by atoms with Crippen molar-refractivity contribution in [1.82, 2.24) is 4.90 Å². The van der Waals surface area contributed by atoms with Gasteiger partial charge in [-0.3, -0.25) is 4.79 Å². The minimum absolute atomic E-state index is 0.00494. The number of piperidine rings is 1.